The van der Waals surface area contributed by atoms with Crippen LogP contribution >= 0.6 is 22.9 Å². The molecule has 0 aliphatic rings. The molecule has 1 atom stereocenters. The van der Waals surface area contributed by atoms with Crippen molar-refractivity contribution in [2.45, 2.75) is 17.2 Å². The van der Waals surface area contributed by atoms with Gasteiger partial charge in [-0.1, -0.05) is 29.8 Å². The molecule has 2 rings (SSSR count). The number of carboxylic acids is 1. The third-order valence-electron chi connectivity index (χ3n) is 2.76. The van der Waals surface area contributed by atoms with Crippen LogP contribution in [0.1, 0.15) is 28.2 Å². The molecule has 0 spiro atoms. The van der Waals surface area contributed by atoms with Crippen molar-refractivity contribution in [3.63, 3.8) is 0 Å². The van der Waals surface area contributed by atoms with Gasteiger partial charge < -0.3 is 5.11 Å². The highest BCUT2D eigenvalue weighted by molar-refractivity contribution is 7.91. The molecule has 0 aliphatic heterocycles. The third-order valence-corrected chi connectivity index (χ3v) is 6.21. The topological polar surface area (TPSA) is 83.5 Å². The second-order valence-corrected chi connectivity index (χ2v) is 7.72. The summed E-state index contributed by atoms with van der Waals surface area (Å²) in [4.78, 5) is 10.8. The minimum Gasteiger partial charge on any atom is -0.477 e. The largest absolute Gasteiger partial charge is 0.477 e. The van der Waals surface area contributed by atoms with Gasteiger partial charge in [0.25, 0.3) is 10.0 Å². The summed E-state index contributed by atoms with van der Waals surface area (Å²) in [6.45, 7) is 1.67. The van der Waals surface area contributed by atoms with E-state index in [0.29, 0.717) is 21.9 Å². The summed E-state index contributed by atoms with van der Waals surface area (Å²) in [6, 6.07) is 8.93. The van der Waals surface area contributed by atoms with E-state index in [2.05, 4.69) is 4.72 Å². The van der Waals surface area contributed by atoms with Crippen molar-refractivity contribution in [2.24, 2.45) is 0 Å². The SMILES string of the molecule is C[C@@H](NS(=O)(=O)c1ccc(C(=O)O)s1)c1ccccc1Cl. The molecular formula is C13H12ClNO4S2. The van der Waals surface area contributed by atoms with E-state index >= 15 is 0 Å². The van der Waals surface area contributed by atoms with Gasteiger partial charge in [-0.2, -0.15) is 0 Å². The molecule has 0 amide bonds. The Morgan fingerprint density at radius 2 is 1.95 bits per heavy atom. The number of carbonyl (C=O) groups is 1. The quantitative estimate of drug-likeness (QED) is 0.872. The van der Waals surface area contributed by atoms with Crippen LogP contribution in [0.2, 0.25) is 5.02 Å². The zero-order valence-corrected chi connectivity index (χ0v) is 13.3. The summed E-state index contributed by atoms with van der Waals surface area (Å²) in [6.07, 6.45) is 0. The molecule has 0 aliphatic carbocycles. The Kier molecular flexibility index (Phi) is 4.67. The van der Waals surface area contributed by atoms with Gasteiger partial charge in [-0.15, -0.1) is 11.3 Å². The van der Waals surface area contributed by atoms with Crippen molar-refractivity contribution >= 4 is 38.9 Å². The monoisotopic (exact) mass is 345 g/mol. The van der Waals surface area contributed by atoms with Crippen molar-refractivity contribution < 1.29 is 18.3 Å². The lowest BCUT2D eigenvalue weighted by Gasteiger charge is -2.15. The minimum atomic E-state index is -3.79. The van der Waals surface area contributed by atoms with Crippen LogP contribution in [0.3, 0.4) is 0 Å². The summed E-state index contributed by atoms with van der Waals surface area (Å²) < 4.78 is 26.9. The molecule has 0 radical (unpaired) electrons. The molecule has 5 nitrogen and oxygen atoms in total. The van der Waals surface area contributed by atoms with Gasteiger partial charge in [0, 0.05) is 11.1 Å². The van der Waals surface area contributed by atoms with E-state index in [0.717, 1.165) is 0 Å². The number of halogens is 1. The summed E-state index contributed by atoms with van der Waals surface area (Å²) in [5.41, 5.74) is 0.651. The molecule has 0 saturated carbocycles. The number of aromatic carboxylic acids is 1. The summed E-state index contributed by atoms with van der Waals surface area (Å²) >= 11 is 6.74. The molecule has 1 heterocycles. The smallest absolute Gasteiger partial charge is 0.345 e. The molecule has 112 valence electrons. The Labute approximate surface area is 131 Å². The van der Waals surface area contributed by atoms with E-state index in [1.165, 1.54) is 12.1 Å². The van der Waals surface area contributed by atoms with Crippen molar-refractivity contribution in [3.05, 3.63) is 51.9 Å². The van der Waals surface area contributed by atoms with Gasteiger partial charge in [0.1, 0.15) is 9.09 Å². The van der Waals surface area contributed by atoms with Crippen LogP contribution in [-0.4, -0.2) is 19.5 Å². The average Bonchev–Trinajstić information content (AvgIpc) is 2.89. The van der Waals surface area contributed by atoms with Gasteiger partial charge in [-0.05, 0) is 30.7 Å². The molecule has 0 fully saturated rings. The molecule has 2 aromatic rings. The predicted molar refractivity (Wildman–Crippen MR) is 81.5 cm³/mol. The normalized spacial score (nSPS) is 13.0. The molecule has 1 aromatic heterocycles. The fraction of sp³-hybridized carbons (Fsp3) is 0.154. The first-order valence-electron chi connectivity index (χ1n) is 5.91. The Morgan fingerprint density at radius 1 is 1.29 bits per heavy atom. The van der Waals surface area contributed by atoms with Gasteiger partial charge in [0.05, 0.1) is 0 Å². The maximum atomic E-state index is 12.2. The van der Waals surface area contributed by atoms with Crippen molar-refractivity contribution in [3.8, 4) is 0 Å². The number of sulfonamides is 1. The lowest BCUT2D eigenvalue weighted by molar-refractivity contribution is 0.0702. The lowest BCUT2D eigenvalue weighted by Crippen LogP contribution is -2.26. The summed E-state index contributed by atoms with van der Waals surface area (Å²) in [5.74, 6) is -1.15. The summed E-state index contributed by atoms with van der Waals surface area (Å²) in [7, 11) is -3.79. The maximum Gasteiger partial charge on any atom is 0.345 e. The highest BCUT2D eigenvalue weighted by atomic mass is 35.5. The number of nitrogens with one attached hydrogen (secondary N) is 1. The van der Waals surface area contributed by atoms with Crippen LogP contribution in [0.5, 0.6) is 0 Å². The molecule has 8 heteroatoms. The molecule has 1 aromatic carbocycles. The number of rotatable bonds is 5. The second kappa shape index (κ2) is 6.15. The van der Waals surface area contributed by atoms with Crippen LogP contribution in [-0.2, 0) is 10.0 Å². The first-order chi connectivity index (χ1) is 9.81. The second-order valence-electron chi connectivity index (χ2n) is 4.29. The molecule has 0 bridgehead atoms. The fourth-order valence-corrected chi connectivity index (χ4v) is 4.44. The zero-order chi connectivity index (χ0) is 15.6. The standard InChI is InChI=1S/C13H12ClNO4S2/c1-8(9-4-2-3-5-10(9)14)15-21(18,19)12-7-6-11(20-12)13(16)17/h2-8,15H,1H3,(H,16,17)/t8-/m1/s1. The lowest BCUT2D eigenvalue weighted by atomic mass is 10.1. The highest BCUT2D eigenvalue weighted by Gasteiger charge is 2.22. The van der Waals surface area contributed by atoms with Crippen LogP contribution in [0.4, 0.5) is 0 Å². The highest BCUT2D eigenvalue weighted by Crippen LogP contribution is 2.26. The van der Waals surface area contributed by atoms with Crippen molar-refractivity contribution in [2.75, 3.05) is 0 Å². The number of benzene rings is 1. The van der Waals surface area contributed by atoms with Gasteiger partial charge in [0.2, 0.25) is 0 Å². The van der Waals surface area contributed by atoms with Crippen molar-refractivity contribution in [1.29, 1.82) is 0 Å². The maximum absolute atomic E-state index is 12.2. The minimum absolute atomic E-state index is 0.0271. The van der Waals surface area contributed by atoms with Crippen LogP contribution < -0.4 is 4.72 Å². The van der Waals surface area contributed by atoms with E-state index in [9.17, 15) is 13.2 Å². The van der Waals surface area contributed by atoms with Crippen LogP contribution in [0, 0.1) is 0 Å². The first kappa shape index (κ1) is 16.0. The van der Waals surface area contributed by atoms with E-state index in [-0.39, 0.29) is 9.09 Å². The van der Waals surface area contributed by atoms with Crippen molar-refractivity contribution in [1.82, 2.24) is 4.72 Å². The molecule has 0 saturated heterocycles. The third kappa shape index (κ3) is 3.62. The van der Waals surface area contributed by atoms with Crippen LogP contribution in [0.15, 0.2) is 40.6 Å². The average molecular weight is 346 g/mol. The first-order valence-corrected chi connectivity index (χ1v) is 8.59. The van der Waals surface area contributed by atoms with E-state index < -0.39 is 22.0 Å². The van der Waals surface area contributed by atoms with E-state index in [1.807, 2.05) is 0 Å². The Morgan fingerprint density at radius 3 is 2.52 bits per heavy atom. The fourth-order valence-electron chi connectivity index (χ4n) is 1.76. The van der Waals surface area contributed by atoms with Crippen LogP contribution in [0.25, 0.3) is 0 Å². The number of thiophene rings is 1. The molecular weight excluding hydrogens is 334 g/mol. The predicted octanol–water partition coefficient (Wildman–Crippen LogP) is 3.14. The zero-order valence-electron chi connectivity index (χ0n) is 10.9. The van der Waals surface area contributed by atoms with Gasteiger partial charge in [-0.3, -0.25) is 0 Å². The number of carboxylic acid groups (broad SMARTS) is 1. The Hall–Kier alpha value is -1.41. The Bertz CT molecular complexity index is 770. The van der Waals surface area contributed by atoms with E-state index in [4.69, 9.17) is 16.7 Å². The number of hydrogen-bond acceptors (Lipinski definition) is 4. The molecule has 0 unspecified atom stereocenters. The van der Waals surface area contributed by atoms with Gasteiger partial charge in [0.15, 0.2) is 0 Å². The molecule has 21 heavy (non-hydrogen) atoms. The molecule has 2 N–H and O–H groups in total. The Balaban J connectivity index is 2.24. The van der Waals surface area contributed by atoms with Gasteiger partial charge >= 0.3 is 5.97 Å². The number of hydrogen-bond donors (Lipinski definition) is 2. The van der Waals surface area contributed by atoms with E-state index in [1.54, 1.807) is 31.2 Å². The van der Waals surface area contributed by atoms with Gasteiger partial charge in [-0.25, -0.2) is 17.9 Å². The summed E-state index contributed by atoms with van der Waals surface area (Å²) in [5, 5.41) is 9.30.